The van der Waals surface area contributed by atoms with Gasteiger partial charge in [0.05, 0.1) is 0 Å². The van der Waals surface area contributed by atoms with E-state index in [1.165, 1.54) is 32.1 Å². The van der Waals surface area contributed by atoms with Crippen molar-refractivity contribution in [2.45, 2.75) is 56.7 Å². The fourth-order valence-electron chi connectivity index (χ4n) is 3.14. The monoisotopic (exact) mass is 259 g/mol. The lowest BCUT2D eigenvalue weighted by Gasteiger charge is -2.24. The summed E-state index contributed by atoms with van der Waals surface area (Å²) in [7, 11) is 0. The molecule has 0 bridgehead atoms. The first-order valence-corrected chi connectivity index (χ1v) is 7.34. The number of rotatable bonds is 3. The summed E-state index contributed by atoms with van der Waals surface area (Å²) in [5.41, 5.74) is 1.10. The smallest absolute Gasteiger partial charge is 0.323 e. The third-order valence-electron chi connectivity index (χ3n) is 4.21. The molecule has 1 aliphatic carbocycles. The highest BCUT2D eigenvalue weighted by Crippen LogP contribution is 2.30. The molecule has 3 rings (SSSR count). The number of esters is 1. The quantitative estimate of drug-likeness (QED) is 0.848. The molecule has 0 aromatic heterocycles. The van der Waals surface area contributed by atoms with Crippen LogP contribution in [-0.2, 0) is 9.53 Å². The zero-order valence-corrected chi connectivity index (χ0v) is 11.2. The average Bonchev–Trinajstić information content (AvgIpc) is 2.82. The molecule has 19 heavy (non-hydrogen) atoms. The van der Waals surface area contributed by atoms with Crippen molar-refractivity contribution in [1.82, 2.24) is 5.32 Å². The van der Waals surface area contributed by atoms with E-state index in [-0.39, 0.29) is 18.1 Å². The van der Waals surface area contributed by atoms with Gasteiger partial charge in [0.2, 0.25) is 0 Å². The molecule has 2 atom stereocenters. The Balaban J connectivity index is 1.60. The number of ether oxygens (including phenoxy) is 1. The highest BCUT2D eigenvalue weighted by atomic mass is 16.6. The summed E-state index contributed by atoms with van der Waals surface area (Å²) in [5.74, 6) is -0.0839. The highest BCUT2D eigenvalue weighted by molar-refractivity contribution is 5.78. The van der Waals surface area contributed by atoms with Crippen LogP contribution in [0.4, 0.5) is 0 Å². The van der Waals surface area contributed by atoms with Gasteiger partial charge in [-0.25, -0.2) is 0 Å². The zero-order chi connectivity index (χ0) is 13.1. The summed E-state index contributed by atoms with van der Waals surface area (Å²) in [6, 6.07) is 10.4. The van der Waals surface area contributed by atoms with Crippen LogP contribution in [0.5, 0.6) is 0 Å². The molecule has 0 amide bonds. The van der Waals surface area contributed by atoms with Crippen molar-refractivity contribution in [1.29, 1.82) is 0 Å². The second-order valence-corrected chi connectivity index (χ2v) is 5.63. The van der Waals surface area contributed by atoms with Gasteiger partial charge in [0.25, 0.3) is 0 Å². The minimum atomic E-state index is -0.117. The molecule has 1 aromatic rings. The molecule has 1 aromatic carbocycles. The molecular weight excluding hydrogens is 238 g/mol. The molecule has 1 saturated carbocycles. The third kappa shape index (κ3) is 2.98. The minimum Gasteiger partial charge on any atom is -0.456 e. The Hall–Kier alpha value is -1.35. The zero-order valence-electron chi connectivity index (χ0n) is 11.2. The van der Waals surface area contributed by atoms with Crippen LogP contribution in [0.15, 0.2) is 30.3 Å². The molecule has 3 heteroatoms. The van der Waals surface area contributed by atoms with Crippen molar-refractivity contribution >= 4 is 5.97 Å². The van der Waals surface area contributed by atoms with Crippen molar-refractivity contribution in [3.8, 4) is 0 Å². The van der Waals surface area contributed by atoms with Crippen molar-refractivity contribution in [2.75, 3.05) is 0 Å². The number of hydrogen-bond acceptors (Lipinski definition) is 3. The fraction of sp³-hybridized carbons (Fsp3) is 0.562. The van der Waals surface area contributed by atoms with E-state index in [1.807, 2.05) is 30.3 Å². The predicted octanol–water partition coefficient (Wildman–Crippen LogP) is 2.97. The molecule has 0 radical (unpaired) electrons. The Morgan fingerprint density at radius 3 is 2.53 bits per heavy atom. The molecule has 1 N–H and O–H groups in total. The van der Waals surface area contributed by atoms with E-state index in [4.69, 9.17) is 4.74 Å². The lowest BCUT2D eigenvalue weighted by Crippen LogP contribution is -2.41. The Kier molecular flexibility index (Phi) is 3.83. The van der Waals surface area contributed by atoms with Crippen LogP contribution < -0.4 is 5.32 Å². The summed E-state index contributed by atoms with van der Waals surface area (Å²) in [5, 5.41) is 3.49. The molecule has 1 heterocycles. The predicted molar refractivity (Wildman–Crippen MR) is 73.7 cm³/mol. The van der Waals surface area contributed by atoms with Crippen molar-refractivity contribution < 1.29 is 9.53 Å². The summed E-state index contributed by atoms with van der Waals surface area (Å²) in [4.78, 5) is 11.9. The Bertz CT molecular complexity index is 426. The van der Waals surface area contributed by atoms with Crippen molar-refractivity contribution in [3.63, 3.8) is 0 Å². The maximum atomic E-state index is 11.9. The highest BCUT2D eigenvalue weighted by Gasteiger charge is 2.36. The second kappa shape index (κ2) is 5.74. The van der Waals surface area contributed by atoms with Gasteiger partial charge in [-0.1, -0.05) is 49.6 Å². The summed E-state index contributed by atoms with van der Waals surface area (Å²) in [6.45, 7) is 0. The second-order valence-electron chi connectivity index (χ2n) is 5.63. The molecule has 102 valence electrons. The van der Waals surface area contributed by atoms with Gasteiger partial charge in [-0.05, 0) is 18.4 Å². The molecule has 1 saturated heterocycles. The van der Waals surface area contributed by atoms with Gasteiger partial charge in [-0.2, -0.15) is 0 Å². The Morgan fingerprint density at radius 2 is 1.79 bits per heavy atom. The normalized spacial score (nSPS) is 28.3. The van der Waals surface area contributed by atoms with E-state index in [9.17, 15) is 4.79 Å². The summed E-state index contributed by atoms with van der Waals surface area (Å²) >= 11 is 0. The van der Waals surface area contributed by atoms with E-state index in [1.54, 1.807) is 0 Å². The number of hydrogen-bond donors (Lipinski definition) is 1. The topological polar surface area (TPSA) is 38.3 Å². The molecule has 1 aliphatic heterocycles. The van der Waals surface area contributed by atoms with E-state index in [0.717, 1.165) is 12.0 Å². The third-order valence-corrected chi connectivity index (χ3v) is 4.21. The van der Waals surface area contributed by atoms with Crippen LogP contribution >= 0.6 is 0 Å². The molecule has 2 fully saturated rings. The van der Waals surface area contributed by atoms with Crippen LogP contribution in [-0.4, -0.2) is 18.1 Å². The van der Waals surface area contributed by atoms with Gasteiger partial charge in [0, 0.05) is 12.5 Å². The van der Waals surface area contributed by atoms with Crippen LogP contribution in [0.2, 0.25) is 0 Å². The summed E-state index contributed by atoms with van der Waals surface area (Å²) < 4.78 is 5.50. The molecular formula is C16H21NO2. The van der Waals surface area contributed by atoms with Gasteiger partial charge in [0.15, 0.2) is 0 Å². The summed E-state index contributed by atoms with van der Waals surface area (Å²) in [6.07, 6.45) is 6.97. The lowest BCUT2D eigenvalue weighted by molar-refractivity contribution is -0.143. The number of benzene rings is 1. The molecule has 2 aliphatic rings. The Morgan fingerprint density at radius 1 is 1.05 bits per heavy atom. The van der Waals surface area contributed by atoms with E-state index < -0.39 is 0 Å². The number of carbonyl (C=O) groups is 1. The molecule has 2 unspecified atom stereocenters. The number of cyclic esters (lactones) is 1. The molecule has 3 nitrogen and oxygen atoms in total. The lowest BCUT2D eigenvalue weighted by atomic mass is 9.94. The van der Waals surface area contributed by atoms with Crippen molar-refractivity contribution in [2.24, 2.45) is 0 Å². The SMILES string of the molecule is O=C1OC(c2ccccc2)CC1NC1CCCCC1. The van der Waals surface area contributed by atoms with Crippen LogP contribution in [0.1, 0.15) is 50.2 Å². The van der Waals surface area contributed by atoms with Gasteiger partial charge in [-0.3, -0.25) is 4.79 Å². The van der Waals surface area contributed by atoms with E-state index in [0.29, 0.717) is 6.04 Å². The standard InChI is InChI=1S/C16H21NO2/c18-16-14(17-13-9-5-2-6-10-13)11-15(19-16)12-7-3-1-4-8-12/h1,3-4,7-8,13-15,17H,2,5-6,9-11H2. The van der Waals surface area contributed by atoms with Crippen LogP contribution in [0.3, 0.4) is 0 Å². The first-order chi connectivity index (χ1) is 9.33. The first-order valence-electron chi connectivity index (χ1n) is 7.34. The van der Waals surface area contributed by atoms with E-state index in [2.05, 4.69) is 5.32 Å². The first kappa shape index (κ1) is 12.7. The average molecular weight is 259 g/mol. The van der Waals surface area contributed by atoms with Gasteiger partial charge in [0.1, 0.15) is 12.1 Å². The largest absolute Gasteiger partial charge is 0.456 e. The number of carbonyl (C=O) groups excluding carboxylic acids is 1. The van der Waals surface area contributed by atoms with Crippen molar-refractivity contribution in [3.05, 3.63) is 35.9 Å². The van der Waals surface area contributed by atoms with Gasteiger partial charge < -0.3 is 10.1 Å². The fourth-order valence-corrected chi connectivity index (χ4v) is 3.14. The van der Waals surface area contributed by atoms with Gasteiger partial charge in [-0.15, -0.1) is 0 Å². The maximum Gasteiger partial charge on any atom is 0.323 e. The Labute approximate surface area is 114 Å². The minimum absolute atomic E-state index is 0.0743. The number of nitrogens with one attached hydrogen (secondary N) is 1. The molecule has 0 spiro atoms. The van der Waals surface area contributed by atoms with Gasteiger partial charge >= 0.3 is 5.97 Å². The van der Waals surface area contributed by atoms with Crippen LogP contribution in [0, 0.1) is 0 Å². The maximum absolute atomic E-state index is 11.9. The van der Waals surface area contributed by atoms with Crippen LogP contribution in [0.25, 0.3) is 0 Å². The van der Waals surface area contributed by atoms with E-state index >= 15 is 0 Å².